The van der Waals surface area contributed by atoms with Gasteiger partial charge in [-0.3, -0.25) is 14.5 Å². The third kappa shape index (κ3) is 5.80. The molecule has 4 nitrogen and oxygen atoms in total. The second-order valence-electron chi connectivity index (χ2n) is 10.5. The molecule has 2 fully saturated rings. The highest BCUT2D eigenvalue weighted by Crippen LogP contribution is 2.34. The van der Waals surface area contributed by atoms with Gasteiger partial charge in [0.2, 0.25) is 5.91 Å². The molecule has 2 rings (SSSR count). The second kappa shape index (κ2) is 8.41. The molecule has 1 saturated carbocycles. The molecule has 0 spiro atoms. The number of Topliss-reactive ketones (excluding diaryl/α,β-unsaturated/α-hetero) is 1. The molecule has 0 aromatic rings. The van der Waals surface area contributed by atoms with Crippen LogP contribution in [-0.4, -0.2) is 41.8 Å². The predicted octanol–water partition coefficient (Wildman–Crippen LogP) is 4.03. The Balaban J connectivity index is 1.69. The van der Waals surface area contributed by atoms with Gasteiger partial charge in [0.15, 0.2) is 0 Å². The lowest BCUT2D eigenvalue weighted by Gasteiger charge is -2.40. The number of nitrogens with one attached hydrogen (secondary N) is 1. The van der Waals surface area contributed by atoms with Crippen molar-refractivity contribution in [2.45, 2.75) is 85.6 Å². The van der Waals surface area contributed by atoms with Crippen LogP contribution in [0.25, 0.3) is 0 Å². The maximum Gasteiger partial charge on any atom is 0.223 e. The van der Waals surface area contributed by atoms with Crippen molar-refractivity contribution >= 4 is 11.7 Å². The number of piperidine rings is 1. The smallest absolute Gasteiger partial charge is 0.223 e. The number of hydrogen-bond donors (Lipinski definition) is 1. The summed E-state index contributed by atoms with van der Waals surface area (Å²) in [6.07, 6.45) is 6.04. The molecule has 0 bridgehead atoms. The molecule has 1 saturated heterocycles. The summed E-state index contributed by atoms with van der Waals surface area (Å²) in [5.74, 6) is 1.59. The second-order valence-corrected chi connectivity index (χ2v) is 10.5. The lowest BCUT2D eigenvalue weighted by atomic mass is 9.73. The Morgan fingerprint density at radius 3 is 1.85 bits per heavy atom. The average molecular weight is 365 g/mol. The number of amides is 1. The SMILES string of the molecule is CC(C)(C)C(=O)C1CCC(CNC(=O)C2CCN(C(C)(C)C)CC2)CC1. The van der Waals surface area contributed by atoms with Gasteiger partial charge in [-0.05, 0) is 78.3 Å². The van der Waals surface area contributed by atoms with E-state index in [0.717, 1.165) is 58.2 Å². The van der Waals surface area contributed by atoms with Crippen LogP contribution in [0.4, 0.5) is 0 Å². The van der Waals surface area contributed by atoms with Crippen LogP contribution in [0.3, 0.4) is 0 Å². The lowest BCUT2D eigenvalue weighted by molar-refractivity contribution is -0.132. The van der Waals surface area contributed by atoms with E-state index in [1.165, 1.54) is 0 Å². The third-order valence-corrected chi connectivity index (χ3v) is 6.34. The van der Waals surface area contributed by atoms with Gasteiger partial charge in [-0.25, -0.2) is 0 Å². The van der Waals surface area contributed by atoms with Crippen molar-refractivity contribution < 1.29 is 9.59 Å². The molecule has 0 aromatic heterocycles. The van der Waals surface area contributed by atoms with Crippen molar-refractivity contribution in [3.63, 3.8) is 0 Å². The molecule has 0 aromatic carbocycles. The number of hydrogen-bond acceptors (Lipinski definition) is 3. The van der Waals surface area contributed by atoms with Gasteiger partial charge in [0.1, 0.15) is 5.78 Å². The molecule has 1 N–H and O–H groups in total. The molecule has 1 heterocycles. The van der Waals surface area contributed by atoms with Crippen LogP contribution in [0.15, 0.2) is 0 Å². The van der Waals surface area contributed by atoms with Gasteiger partial charge in [-0.2, -0.15) is 0 Å². The van der Waals surface area contributed by atoms with E-state index in [1.807, 2.05) is 20.8 Å². The minimum absolute atomic E-state index is 0.174. The molecule has 2 aliphatic rings. The van der Waals surface area contributed by atoms with E-state index in [-0.39, 0.29) is 28.7 Å². The highest BCUT2D eigenvalue weighted by Gasteiger charge is 2.33. The van der Waals surface area contributed by atoms with Crippen molar-refractivity contribution in [1.82, 2.24) is 10.2 Å². The van der Waals surface area contributed by atoms with Crippen molar-refractivity contribution in [2.24, 2.45) is 23.2 Å². The highest BCUT2D eigenvalue weighted by atomic mass is 16.2. The fraction of sp³-hybridized carbons (Fsp3) is 0.909. The van der Waals surface area contributed by atoms with Crippen molar-refractivity contribution in [1.29, 1.82) is 0 Å². The maximum atomic E-state index is 12.5. The Labute approximate surface area is 160 Å². The van der Waals surface area contributed by atoms with E-state index >= 15 is 0 Å². The first-order valence-electron chi connectivity index (χ1n) is 10.6. The van der Waals surface area contributed by atoms with Crippen LogP contribution < -0.4 is 5.32 Å². The zero-order valence-corrected chi connectivity index (χ0v) is 17.9. The summed E-state index contributed by atoms with van der Waals surface area (Å²) in [6.45, 7) is 15.6. The maximum absolute atomic E-state index is 12.5. The number of rotatable bonds is 4. The van der Waals surface area contributed by atoms with Gasteiger partial charge in [-0.1, -0.05) is 20.8 Å². The first-order valence-corrected chi connectivity index (χ1v) is 10.6. The number of likely N-dealkylation sites (tertiary alicyclic amines) is 1. The molecule has 26 heavy (non-hydrogen) atoms. The standard InChI is InChI=1S/C22H40N2O2/c1-21(2,3)19(25)17-9-7-16(8-10-17)15-23-20(26)18-11-13-24(14-12-18)22(4,5)6/h16-18H,7-15H2,1-6H3,(H,23,26). The van der Waals surface area contributed by atoms with Crippen molar-refractivity contribution in [3.8, 4) is 0 Å². The highest BCUT2D eigenvalue weighted by molar-refractivity contribution is 5.86. The van der Waals surface area contributed by atoms with E-state index in [1.54, 1.807) is 0 Å². The van der Waals surface area contributed by atoms with Crippen LogP contribution >= 0.6 is 0 Å². The largest absolute Gasteiger partial charge is 0.356 e. The quantitative estimate of drug-likeness (QED) is 0.819. The Morgan fingerprint density at radius 1 is 0.846 bits per heavy atom. The Morgan fingerprint density at radius 2 is 1.38 bits per heavy atom. The first-order chi connectivity index (χ1) is 12.0. The fourth-order valence-electron chi connectivity index (χ4n) is 4.44. The predicted molar refractivity (Wildman–Crippen MR) is 107 cm³/mol. The Bertz CT molecular complexity index is 485. The van der Waals surface area contributed by atoms with Crippen molar-refractivity contribution in [2.75, 3.05) is 19.6 Å². The molecule has 1 aliphatic heterocycles. The average Bonchev–Trinajstić information content (AvgIpc) is 2.58. The van der Waals surface area contributed by atoms with Crippen LogP contribution in [0.2, 0.25) is 0 Å². The molecule has 0 atom stereocenters. The zero-order chi connectivity index (χ0) is 19.5. The van der Waals surface area contributed by atoms with Gasteiger partial charge < -0.3 is 5.32 Å². The summed E-state index contributed by atoms with van der Waals surface area (Å²) in [5.41, 5.74) is -0.0296. The third-order valence-electron chi connectivity index (χ3n) is 6.34. The van der Waals surface area contributed by atoms with E-state index in [2.05, 4.69) is 31.0 Å². The topological polar surface area (TPSA) is 49.4 Å². The van der Waals surface area contributed by atoms with Gasteiger partial charge in [0.25, 0.3) is 0 Å². The van der Waals surface area contributed by atoms with Crippen LogP contribution in [-0.2, 0) is 9.59 Å². The van der Waals surface area contributed by atoms with Crippen molar-refractivity contribution in [3.05, 3.63) is 0 Å². The zero-order valence-electron chi connectivity index (χ0n) is 17.9. The summed E-state index contributed by atoms with van der Waals surface area (Å²) in [6, 6.07) is 0. The summed E-state index contributed by atoms with van der Waals surface area (Å²) in [5, 5.41) is 3.21. The van der Waals surface area contributed by atoms with Crippen LogP contribution in [0.1, 0.15) is 80.1 Å². The van der Waals surface area contributed by atoms with Gasteiger partial charge in [-0.15, -0.1) is 0 Å². The number of ketones is 1. The molecule has 1 aliphatic carbocycles. The molecule has 0 radical (unpaired) electrons. The Kier molecular flexibility index (Phi) is 6.92. The van der Waals surface area contributed by atoms with Gasteiger partial charge in [0, 0.05) is 29.3 Å². The summed E-state index contributed by atoms with van der Waals surface area (Å²) < 4.78 is 0. The minimum Gasteiger partial charge on any atom is -0.356 e. The van der Waals surface area contributed by atoms with Gasteiger partial charge in [0.05, 0.1) is 0 Å². The Hall–Kier alpha value is -0.900. The summed E-state index contributed by atoms with van der Waals surface area (Å²) in [4.78, 5) is 27.4. The molecule has 4 heteroatoms. The van der Waals surface area contributed by atoms with Crippen LogP contribution in [0, 0.1) is 23.2 Å². The summed E-state index contributed by atoms with van der Waals surface area (Å²) in [7, 11) is 0. The molecule has 150 valence electrons. The monoisotopic (exact) mass is 364 g/mol. The fourth-order valence-corrected chi connectivity index (χ4v) is 4.44. The molecular formula is C22H40N2O2. The molecular weight excluding hydrogens is 324 g/mol. The van der Waals surface area contributed by atoms with E-state index in [0.29, 0.717) is 11.7 Å². The normalized spacial score (nSPS) is 26.5. The number of nitrogens with zero attached hydrogens (tertiary/aromatic N) is 1. The number of carbonyl (C=O) groups excluding carboxylic acids is 2. The van der Waals surface area contributed by atoms with Gasteiger partial charge >= 0.3 is 0 Å². The molecule has 1 amide bonds. The van der Waals surface area contributed by atoms with E-state index in [9.17, 15) is 9.59 Å². The molecule has 0 unspecified atom stereocenters. The minimum atomic E-state index is -0.229. The first kappa shape index (κ1) is 21.4. The van der Waals surface area contributed by atoms with E-state index in [4.69, 9.17) is 0 Å². The summed E-state index contributed by atoms with van der Waals surface area (Å²) >= 11 is 0. The van der Waals surface area contributed by atoms with E-state index < -0.39 is 0 Å². The number of carbonyl (C=O) groups is 2. The van der Waals surface area contributed by atoms with Crippen LogP contribution in [0.5, 0.6) is 0 Å². The lowest BCUT2D eigenvalue weighted by Crippen LogP contribution is -2.48.